The minimum atomic E-state index is 0.868. The summed E-state index contributed by atoms with van der Waals surface area (Å²) in [6, 6.07) is 78.1. The first-order valence-electron chi connectivity index (χ1n) is 19.4. The molecule has 0 radical (unpaired) electrons. The lowest BCUT2D eigenvalue weighted by molar-refractivity contribution is 0.669. The Morgan fingerprint density at radius 1 is 0.351 bits per heavy atom. The molecule has 268 valence electrons. The molecule has 0 saturated heterocycles. The highest BCUT2D eigenvalue weighted by atomic mass is 16.3. The smallest absolute Gasteiger partial charge is 0.137 e. The molecule has 11 rings (SSSR count). The molecule has 0 fully saturated rings. The Morgan fingerprint density at radius 2 is 0.912 bits per heavy atom. The van der Waals surface area contributed by atoms with E-state index in [0.29, 0.717) is 0 Å². The molecule has 0 amide bonds. The average Bonchev–Trinajstić information content (AvgIpc) is 3.84. The molecular formula is C54H36N2O. The van der Waals surface area contributed by atoms with Gasteiger partial charge in [0.2, 0.25) is 0 Å². The van der Waals surface area contributed by atoms with Gasteiger partial charge in [-0.2, -0.15) is 0 Å². The van der Waals surface area contributed by atoms with Gasteiger partial charge in [0.15, 0.2) is 0 Å². The van der Waals surface area contributed by atoms with E-state index in [1.807, 2.05) is 12.1 Å². The number of aromatic nitrogens is 1. The van der Waals surface area contributed by atoms with Crippen molar-refractivity contribution in [1.82, 2.24) is 4.57 Å². The summed E-state index contributed by atoms with van der Waals surface area (Å²) in [5.74, 6) is 0. The maximum atomic E-state index is 6.38. The Hall–Kier alpha value is -7.62. The summed E-state index contributed by atoms with van der Waals surface area (Å²) in [5, 5.41) is 4.71. The maximum absolute atomic E-state index is 6.38. The van der Waals surface area contributed by atoms with Crippen LogP contribution in [0.4, 0.5) is 17.1 Å². The van der Waals surface area contributed by atoms with E-state index in [2.05, 4.69) is 216 Å². The summed E-state index contributed by atoms with van der Waals surface area (Å²) in [6.07, 6.45) is 0. The SMILES string of the molecule is c1ccc(-c2cccc(N(c3ccc(-c4cccc(-c5ccccc5-n5c6ccccc6c6ccccc65)c4)cc3)c3cccc4oc5ccccc5c34)c2)cc1. The van der Waals surface area contributed by atoms with E-state index in [1.54, 1.807) is 0 Å². The van der Waals surface area contributed by atoms with Crippen molar-refractivity contribution >= 4 is 60.8 Å². The lowest BCUT2D eigenvalue weighted by atomic mass is 9.97. The first-order chi connectivity index (χ1) is 28.3. The molecule has 2 heterocycles. The van der Waals surface area contributed by atoms with Crippen LogP contribution in [-0.4, -0.2) is 4.57 Å². The number of benzene rings is 9. The van der Waals surface area contributed by atoms with Crippen molar-refractivity contribution in [2.24, 2.45) is 0 Å². The molecule has 0 atom stereocenters. The number of nitrogens with zero attached hydrogens (tertiary/aromatic N) is 2. The van der Waals surface area contributed by atoms with Crippen LogP contribution < -0.4 is 4.90 Å². The number of anilines is 3. The predicted octanol–water partition coefficient (Wildman–Crippen LogP) is 15.2. The van der Waals surface area contributed by atoms with Crippen LogP contribution in [0.3, 0.4) is 0 Å². The molecule has 57 heavy (non-hydrogen) atoms. The first kappa shape index (κ1) is 32.8. The van der Waals surface area contributed by atoms with Crippen LogP contribution in [0.5, 0.6) is 0 Å². The fourth-order valence-electron chi connectivity index (χ4n) is 8.59. The lowest BCUT2D eigenvalue weighted by Gasteiger charge is -2.27. The molecule has 3 nitrogen and oxygen atoms in total. The van der Waals surface area contributed by atoms with Crippen LogP contribution in [0.25, 0.3) is 82.8 Å². The molecule has 0 aliphatic rings. The average molecular weight is 729 g/mol. The Balaban J connectivity index is 1.02. The summed E-state index contributed by atoms with van der Waals surface area (Å²) in [4.78, 5) is 2.36. The Labute approximate surface area is 330 Å². The zero-order chi connectivity index (χ0) is 37.7. The number of fused-ring (bicyclic) bond motifs is 6. The van der Waals surface area contributed by atoms with Crippen LogP contribution in [0, 0.1) is 0 Å². The quantitative estimate of drug-likeness (QED) is 0.163. The maximum Gasteiger partial charge on any atom is 0.137 e. The molecule has 0 bridgehead atoms. The summed E-state index contributed by atoms with van der Waals surface area (Å²) >= 11 is 0. The van der Waals surface area contributed by atoms with E-state index >= 15 is 0 Å². The fourth-order valence-corrected chi connectivity index (χ4v) is 8.59. The number of hydrogen-bond donors (Lipinski definition) is 0. The molecular weight excluding hydrogens is 693 g/mol. The molecule has 2 aromatic heterocycles. The largest absolute Gasteiger partial charge is 0.456 e. The minimum absolute atomic E-state index is 0.868. The predicted molar refractivity (Wildman–Crippen MR) is 239 cm³/mol. The van der Waals surface area contributed by atoms with Crippen molar-refractivity contribution in [1.29, 1.82) is 0 Å². The van der Waals surface area contributed by atoms with Gasteiger partial charge in [0.25, 0.3) is 0 Å². The highest BCUT2D eigenvalue weighted by Crippen LogP contribution is 2.44. The normalized spacial score (nSPS) is 11.5. The molecule has 0 unspecified atom stereocenters. The van der Waals surface area contributed by atoms with Gasteiger partial charge in [-0.3, -0.25) is 0 Å². The molecule has 0 aliphatic carbocycles. The highest BCUT2D eigenvalue weighted by molar-refractivity contribution is 6.13. The minimum Gasteiger partial charge on any atom is -0.456 e. The van der Waals surface area contributed by atoms with Crippen molar-refractivity contribution in [3.05, 3.63) is 218 Å². The molecule has 3 heteroatoms. The van der Waals surface area contributed by atoms with Crippen LogP contribution in [0.2, 0.25) is 0 Å². The zero-order valence-corrected chi connectivity index (χ0v) is 31.1. The number of hydrogen-bond acceptors (Lipinski definition) is 2. The topological polar surface area (TPSA) is 21.3 Å². The number of furan rings is 1. The zero-order valence-electron chi connectivity index (χ0n) is 31.1. The first-order valence-corrected chi connectivity index (χ1v) is 19.4. The van der Waals surface area contributed by atoms with Crippen molar-refractivity contribution in [2.45, 2.75) is 0 Å². The van der Waals surface area contributed by atoms with Crippen LogP contribution in [0.15, 0.2) is 223 Å². The third kappa shape index (κ3) is 5.60. The van der Waals surface area contributed by atoms with Gasteiger partial charge in [-0.15, -0.1) is 0 Å². The Bertz CT molecular complexity index is 3190. The van der Waals surface area contributed by atoms with Crippen molar-refractivity contribution in [3.8, 4) is 39.1 Å². The van der Waals surface area contributed by atoms with Gasteiger partial charge in [0.05, 0.1) is 27.8 Å². The van der Waals surface area contributed by atoms with Gasteiger partial charge in [-0.25, -0.2) is 0 Å². The van der Waals surface area contributed by atoms with Gasteiger partial charge < -0.3 is 13.9 Å². The van der Waals surface area contributed by atoms with E-state index in [1.165, 1.54) is 38.5 Å². The summed E-state index contributed by atoms with van der Waals surface area (Å²) in [6.45, 7) is 0. The second-order valence-electron chi connectivity index (χ2n) is 14.5. The van der Waals surface area contributed by atoms with Crippen molar-refractivity contribution < 1.29 is 4.42 Å². The lowest BCUT2D eigenvalue weighted by Crippen LogP contribution is -2.10. The van der Waals surface area contributed by atoms with Crippen LogP contribution in [-0.2, 0) is 0 Å². The molecule has 11 aromatic rings. The van der Waals surface area contributed by atoms with Gasteiger partial charge >= 0.3 is 0 Å². The van der Waals surface area contributed by atoms with Gasteiger partial charge in [-0.05, 0) is 94.5 Å². The number of rotatable bonds is 7. The summed E-state index contributed by atoms with van der Waals surface area (Å²) < 4.78 is 8.79. The van der Waals surface area contributed by atoms with Crippen molar-refractivity contribution in [2.75, 3.05) is 4.90 Å². The standard InChI is InChI=1S/C54H36N2O/c1-2-15-37(16-3-1)40-18-13-20-43(36-40)55(51-28-14-30-53-54(51)47-24-7-11-29-52(47)57-53)42-33-31-38(32-34-42)39-17-12-19-41(35-39)44-21-4-8-25-48(44)56-49-26-9-5-22-45(49)46-23-6-10-27-50(46)56/h1-36H. The van der Waals surface area contributed by atoms with E-state index < -0.39 is 0 Å². The van der Waals surface area contributed by atoms with E-state index in [9.17, 15) is 0 Å². The van der Waals surface area contributed by atoms with E-state index in [-0.39, 0.29) is 0 Å². The molecule has 0 spiro atoms. The molecule has 0 saturated carbocycles. The Morgan fingerprint density at radius 3 is 1.70 bits per heavy atom. The van der Waals surface area contributed by atoms with E-state index in [0.717, 1.165) is 61.4 Å². The molecule has 0 N–H and O–H groups in total. The van der Waals surface area contributed by atoms with Gasteiger partial charge in [0.1, 0.15) is 11.2 Å². The monoisotopic (exact) mass is 728 g/mol. The fraction of sp³-hybridized carbons (Fsp3) is 0. The van der Waals surface area contributed by atoms with Crippen molar-refractivity contribution in [3.63, 3.8) is 0 Å². The number of para-hydroxylation sites is 4. The van der Waals surface area contributed by atoms with Gasteiger partial charge in [0, 0.05) is 33.1 Å². The summed E-state index contributed by atoms with van der Waals surface area (Å²) in [7, 11) is 0. The third-order valence-electron chi connectivity index (χ3n) is 11.2. The van der Waals surface area contributed by atoms with Crippen LogP contribution >= 0.6 is 0 Å². The Kier molecular flexibility index (Phi) is 7.82. The second kappa shape index (κ2) is 13.6. The summed E-state index contributed by atoms with van der Waals surface area (Å²) in [5.41, 5.74) is 15.6. The van der Waals surface area contributed by atoms with Gasteiger partial charge in [-0.1, -0.05) is 152 Å². The molecule has 9 aromatic carbocycles. The highest BCUT2D eigenvalue weighted by Gasteiger charge is 2.20. The van der Waals surface area contributed by atoms with Crippen LogP contribution in [0.1, 0.15) is 0 Å². The third-order valence-corrected chi connectivity index (χ3v) is 11.2. The molecule has 0 aliphatic heterocycles. The van der Waals surface area contributed by atoms with E-state index in [4.69, 9.17) is 4.42 Å². The second-order valence-corrected chi connectivity index (χ2v) is 14.5.